The normalized spacial score (nSPS) is 15.0. The molecule has 6 heteroatoms. The maximum absolute atomic E-state index is 12.7. The molecule has 2 heterocycles. The molecule has 0 spiro atoms. The number of rotatable bonds is 3. The van der Waals surface area contributed by atoms with Crippen molar-refractivity contribution < 1.29 is 19.4 Å². The molecule has 0 bridgehead atoms. The third-order valence-corrected chi connectivity index (χ3v) is 3.98. The van der Waals surface area contributed by atoms with E-state index in [4.69, 9.17) is 9.47 Å². The summed E-state index contributed by atoms with van der Waals surface area (Å²) >= 11 is 0. The van der Waals surface area contributed by atoms with E-state index in [1.165, 1.54) is 0 Å². The number of methoxy groups -OCH3 is 1. The van der Waals surface area contributed by atoms with E-state index in [2.05, 4.69) is 4.98 Å². The van der Waals surface area contributed by atoms with E-state index in [1.807, 2.05) is 31.2 Å². The molecule has 1 aliphatic rings. The highest BCUT2D eigenvalue weighted by atomic mass is 16.5. The van der Waals surface area contributed by atoms with Gasteiger partial charge in [-0.1, -0.05) is 18.2 Å². The summed E-state index contributed by atoms with van der Waals surface area (Å²) in [6, 6.07) is 10.8. The van der Waals surface area contributed by atoms with Crippen LogP contribution in [0.15, 0.2) is 36.4 Å². The fourth-order valence-corrected chi connectivity index (χ4v) is 2.76. The number of pyridine rings is 1. The lowest BCUT2D eigenvalue weighted by Gasteiger charge is -2.22. The molecule has 0 saturated heterocycles. The van der Waals surface area contributed by atoms with E-state index in [0.29, 0.717) is 36.9 Å². The Morgan fingerprint density at radius 1 is 1.33 bits per heavy atom. The number of aromatic nitrogens is 1. The van der Waals surface area contributed by atoms with Gasteiger partial charge in [-0.15, -0.1) is 0 Å². The standard InChI is InChI=1S/C18H20N2O4/c1-12-5-3-7-14(19-12)16(21)18(22)20-9-10-24-17-13(11-20)6-4-8-15(17)23-2/h3-8,16,21H,9-11H2,1-2H3. The van der Waals surface area contributed by atoms with Gasteiger partial charge >= 0.3 is 0 Å². The van der Waals surface area contributed by atoms with Crippen LogP contribution in [0.1, 0.15) is 23.1 Å². The van der Waals surface area contributed by atoms with Gasteiger partial charge in [-0.05, 0) is 25.1 Å². The molecule has 2 aromatic rings. The Kier molecular flexibility index (Phi) is 4.66. The molecule has 126 valence electrons. The third-order valence-electron chi connectivity index (χ3n) is 3.98. The molecule has 1 amide bonds. The summed E-state index contributed by atoms with van der Waals surface area (Å²) in [6.07, 6.45) is -1.28. The third kappa shape index (κ3) is 3.19. The number of hydrogen-bond donors (Lipinski definition) is 1. The van der Waals surface area contributed by atoms with E-state index < -0.39 is 6.10 Å². The van der Waals surface area contributed by atoms with Crippen LogP contribution in [0.5, 0.6) is 11.5 Å². The van der Waals surface area contributed by atoms with Crippen molar-refractivity contribution in [2.45, 2.75) is 19.6 Å². The molecule has 1 aromatic carbocycles. The Bertz CT molecular complexity index is 748. The van der Waals surface area contributed by atoms with Crippen molar-refractivity contribution in [2.24, 2.45) is 0 Å². The zero-order valence-corrected chi connectivity index (χ0v) is 13.7. The summed E-state index contributed by atoms with van der Waals surface area (Å²) in [5, 5.41) is 10.4. The van der Waals surface area contributed by atoms with Crippen molar-refractivity contribution in [1.82, 2.24) is 9.88 Å². The number of nitrogens with zero attached hydrogens (tertiary/aromatic N) is 2. The summed E-state index contributed by atoms with van der Waals surface area (Å²) in [4.78, 5) is 18.5. The van der Waals surface area contributed by atoms with Crippen molar-refractivity contribution in [3.63, 3.8) is 0 Å². The monoisotopic (exact) mass is 328 g/mol. The van der Waals surface area contributed by atoms with Crippen LogP contribution in [0.4, 0.5) is 0 Å². The number of amides is 1. The first-order valence-electron chi connectivity index (χ1n) is 7.79. The largest absolute Gasteiger partial charge is 0.493 e. The van der Waals surface area contributed by atoms with Gasteiger partial charge in [0.05, 0.1) is 19.3 Å². The molecule has 0 fully saturated rings. The molecule has 1 unspecified atom stereocenters. The first-order valence-corrected chi connectivity index (χ1v) is 7.79. The maximum Gasteiger partial charge on any atom is 0.258 e. The van der Waals surface area contributed by atoms with Crippen LogP contribution in [-0.2, 0) is 11.3 Å². The first kappa shape index (κ1) is 16.3. The molecular formula is C18H20N2O4. The minimum atomic E-state index is -1.28. The van der Waals surface area contributed by atoms with E-state index in [0.717, 1.165) is 11.3 Å². The second-order valence-corrected chi connectivity index (χ2v) is 5.66. The number of aliphatic hydroxyl groups excluding tert-OH is 1. The molecular weight excluding hydrogens is 308 g/mol. The van der Waals surface area contributed by atoms with Gasteiger partial charge in [-0.25, -0.2) is 0 Å². The van der Waals surface area contributed by atoms with Gasteiger partial charge in [0.2, 0.25) is 0 Å². The fraction of sp³-hybridized carbons (Fsp3) is 0.333. The number of aliphatic hydroxyl groups is 1. The molecule has 24 heavy (non-hydrogen) atoms. The van der Waals surface area contributed by atoms with Crippen LogP contribution < -0.4 is 9.47 Å². The van der Waals surface area contributed by atoms with Gasteiger partial charge in [0.15, 0.2) is 17.6 Å². The topological polar surface area (TPSA) is 71.9 Å². The zero-order chi connectivity index (χ0) is 17.1. The SMILES string of the molecule is COc1cccc2c1OCCN(C(=O)C(O)c1cccc(C)n1)C2. The van der Waals surface area contributed by atoms with E-state index in [1.54, 1.807) is 24.1 Å². The van der Waals surface area contributed by atoms with Gasteiger partial charge in [0.25, 0.3) is 5.91 Å². The van der Waals surface area contributed by atoms with Gasteiger partial charge in [0, 0.05) is 17.8 Å². The number of fused-ring (bicyclic) bond motifs is 1. The molecule has 3 rings (SSSR count). The molecule has 1 atom stereocenters. The Balaban J connectivity index is 1.83. The molecule has 1 aliphatic heterocycles. The smallest absolute Gasteiger partial charge is 0.258 e. The van der Waals surface area contributed by atoms with Crippen LogP contribution in [0, 0.1) is 6.92 Å². The Morgan fingerprint density at radius 2 is 2.12 bits per heavy atom. The fourth-order valence-electron chi connectivity index (χ4n) is 2.76. The molecule has 1 N–H and O–H groups in total. The van der Waals surface area contributed by atoms with Gasteiger partial charge in [-0.2, -0.15) is 0 Å². The number of carbonyl (C=O) groups is 1. The van der Waals surface area contributed by atoms with Crippen molar-refractivity contribution in [3.8, 4) is 11.5 Å². The predicted octanol–water partition coefficient (Wildman–Crippen LogP) is 1.85. The molecule has 0 radical (unpaired) electrons. The molecule has 0 aliphatic carbocycles. The Hall–Kier alpha value is -2.60. The molecule has 1 aromatic heterocycles. The summed E-state index contributed by atoms with van der Waals surface area (Å²) < 4.78 is 11.0. The van der Waals surface area contributed by atoms with Crippen LogP contribution in [0.3, 0.4) is 0 Å². The average Bonchev–Trinajstić information content (AvgIpc) is 2.82. The van der Waals surface area contributed by atoms with Gasteiger partial charge < -0.3 is 19.5 Å². The predicted molar refractivity (Wildman–Crippen MR) is 87.8 cm³/mol. The number of ether oxygens (including phenoxy) is 2. The number of para-hydroxylation sites is 1. The van der Waals surface area contributed by atoms with Crippen molar-refractivity contribution in [3.05, 3.63) is 53.3 Å². The highest BCUT2D eigenvalue weighted by molar-refractivity contribution is 5.81. The highest BCUT2D eigenvalue weighted by Crippen LogP contribution is 2.33. The van der Waals surface area contributed by atoms with E-state index >= 15 is 0 Å². The second kappa shape index (κ2) is 6.88. The van der Waals surface area contributed by atoms with Crippen LogP contribution >= 0.6 is 0 Å². The van der Waals surface area contributed by atoms with E-state index in [-0.39, 0.29) is 5.91 Å². The van der Waals surface area contributed by atoms with Crippen molar-refractivity contribution >= 4 is 5.91 Å². The van der Waals surface area contributed by atoms with Crippen molar-refractivity contribution in [2.75, 3.05) is 20.3 Å². The summed E-state index contributed by atoms with van der Waals surface area (Å²) in [5.41, 5.74) is 1.97. The summed E-state index contributed by atoms with van der Waals surface area (Å²) in [5.74, 6) is 0.911. The Morgan fingerprint density at radius 3 is 2.88 bits per heavy atom. The number of benzene rings is 1. The first-order chi connectivity index (χ1) is 11.6. The number of carbonyl (C=O) groups excluding carboxylic acids is 1. The zero-order valence-electron chi connectivity index (χ0n) is 13.7. The quantitative estimate of drug-likeness (QED) is 0.931. The minimum absolute atomic E-state index is 0.340. The van der Waals surface area contributed by atoms with Gasteiger partial charge in [-0.3, -0.25) is 9.78 Å². The lowest BCUT2D eigenvalue weighted by Crippen LogP contribution is -2.36. The summed E-state index contributed by atoms with van der Waals surface area (Å²) in [7, 11) is 1.58. The minimum Gasteiger partial charge on any atom is -0.493 e. The van der Waals surface area contributed by atoms with Gasteiger partial charge in [0.1, 0.15) is 6.61 Å². The highest BCUT2D eigenvalue weighted by Gasteiger charge is 2.28. The average molecular weight is 328 g/mol. The van der Waals surface area contributed by atoms with E-state index in [9.17, 15) is 9.90 Å². The second-order valence-electron chi connectivity index (χ2n) is 5.66. The van der Waals surface area contributed by atoms with Crippen LogP contribution in [-0.4, -0.2) is 41.2 Å². The lowest BCUT2D eigenvalue weighted by molar-refractivity contribution is -0.141. The number of hydrogen-bond acceptors (Lipinski definition) is 5. The maximum atomic E-state index is 12.7. The molecule has 0 saturated carbocycles. The summed E-state index contributed by atoms with van der Waals surface area (Å²) in [6.45, 7) is 2.91. The van der Waals surface area contributed by atoms with Crippen LogP contribution in [0.2, 0.25) is 0 Å². The lowest BCUT2D eigenvalue weighted by atomic mass is 10.1. The van der Waals surface area contributed by atoms with Crippen molar-refractivity contribution in [1.29, 1.82) is 0 Å². The Labute approximate surface area is 140 Å². The van der Waals surface area contributed by atoms with Crippen LogP contribution in [0.25, 0.3) is 0 Å². The molecule has 6 nitrogen and oxygen atoms in total. The number of aryl methyl sites for hydroxylation is 1.